The first-order valence-corrected chi connectivity index (χ1v) is 7.58. The average Bonchev–Trinajstić information content (AvgIpc) is 3.08. The lowest BCUT2D eigenvalue weighted by molar-refractivity contribution is -0.148. The quantitative estimate of drug-likeness (QED) is 0.815. The Morgan fingerprint density at radius 1 is 1.32 bits per heavy atom. The molecule has 0 radical (unpaired) electrons. The lowest BCUT2D eigenvalue weighted by Crippen LogP contribution is -2.12. The van der Waals surface area contributed by atoms with E-state index in [1.165, 1.54) is 17.7 Å². The zero-order chi connectivity index (χ0) is 15.7. The first-order valence-electron chi connectivity index (χ1n) is 7.58. The number of benzene rings is 1. The van der Waals surface area contributed by atoms with Gasteiger partial charge in [0.05, 0.1) is 11.6 Å². The average molecular weight is 302 g/mol. The molecule has 22 heavy (non-hydrogen) atoms. The molecule has 0 amide bonds. The van der Waals surface area contributed by atoms with E-state index >= 15 is 0 Å². The highest BCUT2D eigenvalue weighted by molar-refractivity contribution is 5.71. The molecule has 0 saturated heterocycles. The SMILES string of the molecule is CC(C)C(=O)OCc1nn(-c2ccc(F)cc2)c2c1CCC2. The second kappa shape index (κ2) is 5.91. The number of nitrogens with zero attached hydrogens (tertiary/aromatic N) is 2. The van der Waals surface area contributed by atoms with Crippen LogP contribution in [0.25, 0.3) is 5.69 Å². The highest BCUT2D eigenvalue weighted by atomic mass is 19.1. The molecule has 3 rings (SSSR count). The van der Waals surface area contributed by atoms with Gasteiger partial charge in [0, 0.05) is 11.3 Å². The van der Waals surface area contributed by atoms with Crippen LogP contribution in [0.2, 0.25) is 0 Å². The fourth-order valence-electron chi connectivity index (χ4n) is 2.73. The Morgan fingerprint density at radius 3 is 2.73 bits per heavy atom. The van der Waals surface area contributed by atoms with Crippen molar-refractivity contribution in [3.63, 3.8) is 0 Å². The van der Waals surface area contributed by atoms with E-state index in [9.17, 15) is 9.18 Å². The Morgan fingerprint density at radius 2 is 2.05 bits per heavy atom. The molecule has 0 bridgehead atoms. The van der Waals surface area contributed by atoms with Crippen molar-refractivity contribution >= 4 is 5.97 Å². The summed E-state index contributed by atoms with van der Waals surface area (Å²) in [5, 5.41) is 4.58. The number of ether oxygens (including phenoxy) is 1. The maximum Gasteiger partial charge on any atom is 0.308 e. The Hall–Kier alpha value is -2.17. The van der Waals surface area contributed by atoms with Gasteiger partial charge in [0.25, 0.3) is 0 Å². The van der Waals surface area contributed by atoms with Gasteiger partial charge in [-0.25, -0.2) is 9.07 Å². The van der Waals surface area contributed by atoms with Crippen molar-refractivity contribution < 1.29 is 13.9 Å². The summed E-state index contributed by atoms with van der Waals surface area (Å²) in [6.07, 6.45) is 2.96. The van der Waals surface area contributed by atoms with E-state index in [-0.39, 0.29) is 24.3 Å². The maximum atomic E-state index is 13.1. The molecule has 116 valence electrons. The third-order valence-electron chi connectivity index (χ3n) is 3.91. The highest BCUT2D eigenvalue weighted by Crippen LogP contribution is 2.28. The highest BCUT2D eigenvalue weighted by Gasteiger charge is 2.24. The molecule has 1 aromatic heterocycles. The number of hydrogen-bond donors (Lipinski definition) is 0. The van der Waals surface area contributed by atoms with Crippen molar-refractivity contribution in [2.24, 2.45) is 5.92 Å². The minimum absolute atomic E-state index is 0.146. The normalized spacial score (nSPS) is 13.5. The molecule has 1 heterocycles. The smallest absolute Gasteiger partial charge is 0.308 e. The summed E-state index contributed by atoms with van der Waals surface area (Å²) in [5.41, 5.74) is 3.95. The number of carbonyl (C=O) groups excluding carboxylic acids is 1. The zero-order valence-electron chi connectivity index (χ0n) is 12.8. The van der Waals surface area contributed by atoms with Gasteiger partial charge >= 0.3 is 5.97 Å². The molecule has 5 heteroatoms. The van der Waals surface area contributed by atoms with E-state index in [1.807, 2.05) is 18.5 Å². The summed E-state index contributed by atoms with van der Waals surface area (Å²) in [5.74, 6) is -0.631. The number of carbonyl (C=O) groups is 1. The lowest BCUT2D eigenvalue weighted by atomic mass is 10.2. The van der Waals surface area contributed by atoms with Gasteiger partial charge < -0.3 is 4.74 Å². The van der Waals surface area contributed by atoms with E-state index in [1.54, 1.807) is 12.1 Å². The molecule has 0 fully saturated rings. The number of rotatable bonds is 4. The van der Waals surface area contributed by atoms with Gasteiger partial charge in [-0.1, -0.05) is 13.8 Å². The van der Waals surface area contributed by atoms with Crippen LogP contribution in [-0.2, 0) is 29.0 Å². The molecule has 2 aromatic rings. The fraction of sp³-hybridized carbons (Fsp3) is 0.412. The third kappa shape index (κ3) is 2.75. The minimum atomic E-state index is -0.265. The van der Waals surface area contributed by atoms with Gasteiger partial charge in [-0.05, 0) is 43.5 Å². The van der Waals surface area contributed by atoms with E-state index in [0.717, 1.165) is 36.3 Å². The largest absolute Gasteiger partial charge is 0.459 e. The molecular formula is C17H19FN2O2. The molecule has 1 aromatic carbocycles. The van der Waals surface area contributed by atoms with Crippen molar-refractivity contribution in [1.29, 1.82) is 0 Å². The summed E-state index contributed by atoms with van der Waals surface area (Å²) in [4.78, 5) is 11.6. The van der Waals surface area contributed by atoms with Crippen LogP contribution in [0.5, 0.6) is 0 Å². The summed E-state index contributed by atoms with van der Waals surface area (Å²) < 4.78 is 20.2. The first kappa shape index (κ1) is 14.8. The fourth-order valence-corrected chi connectivity index (χ4v) is 2.73. The van der Waals surface area contributed by atoms with Crippen LogP contribution in [0.3, 0.4) is 0 Å². The van der Waals surface area contributed by atoms with Crippen LogP contribution in [0, 0.1) is 11.7 Å². The van der Waals surface area contributed by atoms with Crippen molar-refractivity contribution in [2.75, 3.05) is 0 Å². The van der Waals surface area contributed by atoms with E-state index in [4.69, 9.17) is 4.74 Å². The molecule has 0 saturated carbocycles. The van der Waals surface area contributed by atoms with Crippen molar-refractivity contribution in [2.45, 2.75) is 39.7 Å². The second-order valence-electron chi connectivity index (χ2n) is 5.88. The number of aromatic nitrogens is 2. The van der Waals surface area contributed by atoms with Crippen molar-refractivity contribution in [3.05, 3.63) is 47.0 Å². The van der Waals surface area contributed by atoms with Crippen molar-refractivity contribution in [1.82, 2.24) is 9.78 Å². The molecule has 1 aliphatic carbocycles. The molecule has 0 unspecified atom stereocenters. The van der Waals surface area contributed by atoms with Crippen molar-refractivity contribution in [3.8, 4) is 5.69 Å². The van der Waals surface area contributed by atoms with Crippen LogP contribution in [0.15, 0.2) is 24.3 Å². The van der Waals surface area contributed by atoms with Crippen LogP contribution in [-0.4, -0.2) is 15.7 Å². The molecule has 0 atom stereocenters. The Kier molecular flexibility index (Phi) is 3.96. The summed E-state index contributed by atoms with van der Waals surface area (Å²) in [6, 6.07) is 6.28. The van der Waals surface area contributed by atoms with Gasteiger partial charge in [0.1, 0.15) is 18.1 Å². The Balaban J connectivity index is 1.88. The van der Waals surface area contributed by atoms with E-state index in [0.29, 0.717) is 0 Å². The summed E-state index contributed by atoms with van der Waals surface area (Å²) in [6.45, 7) is 3.82. The summed E-state index contributed by atoms with van der Waals surface area (Å²) >= 11 is 0. The molecule has 0 aliphatic heterocycles. The lowest BCUT2D eigenvalue weighted by Gasteiger charge is -2.06. The molecule has 0 N–H and O–H groups in total. The minimum Gasteiger partial charge on any atom is -0.459 e. The van der Waals surface area contributed by atoms with E-state index in [2.05, 4.69) is 5.10 Å². The second-order valence-corrected chi connectivity index (χ2v) is 5.88. The summed E-state index contributed by atoms with van der Waals surface area (Å²) in [7, 11) is 0. The third-order valence-corrected chi connectivity index (χ3v) is 3.91. The topological polar surface area (TPSA) is 44.1 Å². The van der Waals surface area contributed by atoms with E-state index < -0.39 is 0 Å². The number of esters is 1. The predicted molar refractivity (Wildman–Crippen MR) is 80.2 cm³/mol. The Bertz CT molecular complexity index is 689. The van der Waals surface area contributed by atoms with Gasteiger partial charge in [-0.3, -0.25) is 4.79 Å². The van der Waals surface area contributed by atoms with Gasteiger partial charge in [0.2, 0.25) is 0 Å². The number of halogens is 1. The van der Waals surface area contributed by atoms with Gasteiger partial charge in [-0.2, -0.15) is 5.10 Å². The maximum absolute atomic E-state index is 13.1. The molecule has 1 aliphatic rings. The van der Waals surface area contributed by atoms with Crippen LogP contribution < -0.4 is 0 Å². The van der Waals surface area contributed by atoms with Crippen LogP contribution in [0.1, 0.15) is 37.2 Å². The first-order chi connectivity index (χ1) is 10.6. The standard InChI is InChI=1S/C17H19FN2O2/c1-11(2)17(21)22-10-15-14-4-3-5-16(14)20(19-15)13-8-6-12(18)7-9-13/h6-9,11H,3-5,10H2,1-2H3. The van der Waals surface area contributed by atoms with Gasteiger partial charge in [-0.15, -0.1) is 0 Å². The Labute approximate surface area is 128 Å². The monoisotopic (exact) mass is 302 g/mol. The van der Waals surface area contributed by atoms with Gasteiger partial charge in [0.15, 0.2) is 0 Å². The molecule has 4 nitrogen and oxygen atoms in total. The molecule has 0 spiro atoms. The predicted octanol–water partition coefficient (Wildman–Crippen LogP) is 3.20. The zero-order valence-corrected chi connectivity index (χ0v) is 12.8. The van der Waals surface area contributed by atoms with Crippen LogP contribution >= 0.6 is 0 Å². The number of fused-ring (bicyclic) bond motifs is 1. The van der Waals surface area contributed by atoms with Crippen LogP contribution in [0.4, 0.5) is 4.39 Å². The number of hydrogen-bond acceptors (Lipinski definition) is 3. The molecular weight excluding hydrogens is 283 g/mol.